The Hall–Kier alpha value is -2.70. The minimum absolute atomic E-state index is 0.0116. The predicted molar refractivity (Wildman–Crippen MR) is 140 cm³/mol. The van der Waals surface area contributed by atoms with E-state index in [0.29, 0.717) is 16.3 Å². The molecule has 9 heteroatoms. The number of benzene rings is 1. The molecule has 0 bridgehead atoms. The molecule has 1 unspecified atom stereocenters. The molecule has 36 heavy (non-hydrogen) atoms. The van der Waals surface area contributed by atoms with Crippen LogP contribution in [0.5, 0.6) is 0 Å². The Morgan fingerprint density at radius 1 is 1.14 bits per heavy atom. The van der Waals surface area contributed by atoms with Crippen molar-refractivity contribution in [3.05, 3.63) is 51.6 Å². The number of halogens is 1. The standard InChI is InChI=1S/C27H27BrN4O3S/c28-19-9-11-21(12-10-19)32-24(33)14-23(27(32)35)31(20-6-2-1-3-7-20)25(34)16-36-26-18(15-29)13-17-5-4-8-22(17)30-26/h9-13,20,23H,1-8,14,16H2. The minimum atomic E-state index is -0.805. The van der Waals surface area contributed by atoms with Gasteiger partial charge in [0, 0.05) is 16.2 Å². The van der Waals surface area contributed by atoms with Crippen LogP contribution in [0.2, 0.25) is 0 Å². The van der Waals surface area contributed by atoms with E-state index in [4.69, 9.17) is 0 Å². The van der Waals surface area contributed by atoms with Gasteiger partial charge in [-0.15, -0.1) is 0 Å². The third kappa shape index (κ3) is 4.94. The lowest BCUT2D eigenvalue weighted by molar-refractivity contribution is -0.139. The van der Waals surface area contributed by atoms with Gasteiger partial charge in [0.05, 0.1) is 23.4 Å². The summed E-state index contributed by atoms with van der Waals surface area (Å²) in [6.07, 6.45) is 7.60. The topological polar surface area (TPSA) is 94.4 Å². The molecule has 3 aliphatic rings. The number of imide groups is 1. The molecule has 2 heterocycles. The Bertz CT molecular complexity index is 1240. The first kappa shape index (κ1) is 25.0. The van der Waals surface area contributed by atoms with Crippen molar-refractivity contribution in [3.63, 3.8) is 0 Å². The number of thioether (sulfide) groups is 1. The Kier molecular flexibility index (Phi) is 7.44. The number of rotatable bonds is 6. The van der Waals surface area contributed by atoms with Crippen molar-refractivity contribution in [1.82, 2.24) is 9.88 Å². The molecule has 0 N–H and O–H groups in total. The molecule has 186 valence electrons. The molecule has 1 aliphatic heterocycles. The van der Waals surface area contributed by atoms with Crippen LogP contribution in [0.15, 0.2) is 39.8 Å². The number of hydrogen-bond acceptors (Lipinski definition) is 6. The molecular formula is C27H27BrN4O3S. The zero-order valence-electron chi connectivity index (χ0n) is 19.9. The maximum Gasteiger partial charge on any atom is 0.257 e. The summed E-state index contributed by atoms with van der Waals surface area (Å²) >= 11 is 4.64. The van der Waals surface area contributed by atoms with Gasteiger partial charge in [0.2, 0.25) is 11.8 Å². The summed E-state index contributed by atoms with van der Waals surface area (Å²) in [6.45, 7) is 0. The second-order valence-electron chi connectivity index (χ2n) is 9.56. The van der Waals surface area contributed by atoms with Crippen LogP contribution in [0.4, 0.5) is 5.69 Å². The van der Waals surface area contributed by atoms with Crippen LogP contribution in [0.3, 0.4) is 0 Å². The van der Waals surface area contributed by atoms with Crippen LogP contribution in [0.1, 0.15) is 61.8 Å². The van der Waals surface area contributed by atoms with E-state index in [-0.39, 0.29) is 35.9 Å². The van der Waals surface area contributed by atoms with E-state index in [9.17, 15) is 19.6 Å². The first-order chi connectivity index (χ1) is 17.5. The number of aryl methyl sites for hydroxylation is 2. The fourth-order valence-electron chi connectivity index (χ4n) is 5.53. The van der Waals surface area contributed by atoms with Gasteiger partial charge in [-0.2, -0.15) is 5.26 Å². The van der Waals surface area contributed by atoms with Crippen molar-refractivity contribution in [2.75, 3.05) is 10.7 Å². The molecule has 3 amide bonds. The molecule has 1 aromatic carbocycles. The van der Waals surface area contributed by atoms with Gasteiger partial charge < -0.3 is 4.90 Å². The lowest BCUT2D eigenvalue weighted by atomic mass is 9.92. The van der Waals surface area contributed by atoms with Crippen LogP contribution in [0.25, 0.3) is 0 Å². The maximum absolute atomic E-state index is 13.7. The Labute approximate surface area is 223 Å². The van der Waals surface area contributed by atoms with Crippen molar-refractivity contribution in [2.45, 2.75) is 74.9 Å². The molecular weight excluding hydrogens is 540 g/mol. The highest BCUT2D eigenvalue weighted by atomic mass is 79.9. The molecule has 0 radical (unpaired) electrons. The molecule has 1 saturated heterocycles. The van der Waals surface area contributed by atoms with Crippen LogP contribution >= 0.6 is 27.7 Å². The minimum Gasteiger partial charge on any atom is -0.326 e. The predicted octanol–water partition coefficient (Wildman–Crippen LogP) is 4.79. The SMILES string of the molecule is N#Cc1cc2c(nc1SCC(=O)N(C1CCCCC1)C1CC(=O)N(c3ccc(Br)cc3)C1=O)CCC2. The average molecular weight is 568 g/mol. The second-order valence-corrected chi connectivity index (χ2v) is 11.4. The van der Waals surface area contributed by atoms with Gasteiger partial charge >= 0.3 is 0 Å². The maximum atomic E-state index is 13.7. The normalized spacial score (nSPS) is 19.9. The molecule has 7 nitrogen and oxygen atoms in total. The zero-order chi connectivity index (χ0) is 25.2. The monoisotopic (exact) mass is 566 g/mol. The van der Waals surface area contributed by atoms with E-state index in [1.54, 1.807) is 29.2 Å². The van der Waals surface area contributed by atoms with Crippen LogP contribution in [0, 0.1) is 11.3 Å². The average Bonchev–Trinajstić information content (AvgIpc) is 3.46. The van der Waals surface area contributed by atoms with E-state index < -0.39 is 6.04 Å². The van der Waals surface area contributed by atoms with Crippen molar-refractivity contribution >= 4 is 51.1 Å². The molecule has 5 rings (SSSR count). The smallest absolute Gasteiger partial charge is 0.257 e. The molecule has 2 fully saturated rings. The Morgan fingerprint density at radius 2 is 1.89 bits per heavy atom. The summed E-state index contributed by atoms with van der Waals surface area (Å²) in [5.74, 6) is -0.741. The summed E-state index contributed by atoms with van der Waals surface area (Å²) in [6, 6.07) is 10.3. The summed E-state index contributed by atoms with van der Waals surface area (Å²) in [5.41, 5.74) is 3.14. The Balaban J connectivity index is 1.38. The number of anilines is 1. The first-order valence-electron chi connectivity index (χ1n) is 12.5. The number of pyridine rings is 1. The number of amides is 3. The first-order valence-corrected chi connectivity index (χ1v) is 14.2. The highest BCUT2D eigenvalue weighted by Gasteiger charge is 2.46. The van der Waals surface area contributed by atoms with Crippen molar-refractivity contribution < 1.29 is 14.4 Å². The summed E-state index contributed by atoms with van der Waals surface area (Å²) in [7, 11) is 0. The fraction of sp³-hybridized carbons (Fsp3) is 0.444. The summed E-state index contributed by atoms with van der Waals surface area (Å²) in [5, 5.41) is 10.2. The number of fused-ring (bicyclic) bond motifs is 1. The van der Waals surface area contributed by atoms with Crippen LogP contribution in [-0.4, -0.2) is 45.4 Å². The van der Waals surface area contributed by atoms with Gasteiger partial charge in [-0.1, -0.05) is 47.0 Å². The molecule has 1 aromatic heterocycles. The number of carbonyl (C=O) groups is 3. The molecule has 1 atom stereocenters. The van der Waals surface area contributed by atoms with Crippen molar-refractivity contribution in [2.24, 2.45) is 0 Å². The van der Waals surface area contributed by atoms with E-state index in [1.807, 2.05) is 6.07 Å². The van der Waals surface area contributed by atoms with E-state index in [2.05, 4.69) is 27.0 Å². The van der Waals surface area contributed by atoms with E-state index in [1.165, 1.54) is 16.7 Å². The lowest BCUT2D eigenvalue weighted by Crippen LogP contribution is -2.52. The number of nitrogens with zero attached hydrogens (tertiary/aromatic N) is 4. The molecule has 0 spiro atoms. The van der Waals surface area contributed by atoms with Gasteiger partial charge in [0.25, 0.3) is 5.91 Å². The van der Waals surface area contributed by atoms with Crippen LogP contribution < -0.4 is 4.90 Å². The zero-order valence-corrected chi connectivity index (χ0v) is 22.3. The number of carbonyl (C=O) groups excluding carboxylic acids is 3. The highest BCUT2D eigenvalue weighted by molar-refractivity contribution is 9.10. The lowest BCUT2D eigenvalue weighted by Gasteiger charge is -2.37. The summed E-state index contributed by atoms with van der Waals surface area (Å²) < 4.78 is 0.856. The molecule has 1 saturated carbocycles. The van der Waals surface area contributed by atoms with Gasteiger partial charge in [-0.3, -0.25) is 14.4 Å². The highest BCUT2D eigenvalue weighted by Crippen LogP contribution is 2.33. The quantitative estimate of drug-likeness (QED) is 0.368. The van der Waals surface area contributed by atoms with E-state index in [0.717, 1.165) is 67.1 Å². The van der Waals surface area contributed by atoms with Crippen molar-refractivity contribution in [1.29, 1.82) is 5.26 Å². The third-order valence-corrected chi connectivity index (χ3v) is 8.77. The van der Waals surface area contributed by atoms with Crippen molar-refractivity contribution in [3.8, 4) is 6.07 Å². The number of hydrogen-bond donors (Lipinski definition) is 0. The molecule has 2 aliphatic carbocycles. The second kappa shape index (κ2) is 10.7. The van der Waals surface area contributed by atoms with Crippen LogP contribution in [-0.2, 0) is 27.2 Å². The van der Waals surface area contributed by atoms with Gasteiger partial charge in [0.15, 0.2) is 0 Å². The Morgan fingerprint density at radius 3 is 2.61 bits per heavy atom. The van der Waals surface area contributed by atoms with Gasteiger partial charge in [0.1, 0.15) is 17.1 Å². The molecule has 2 aromatic rings. The van der Waals surface area contributed by atoms with Gasteiger partial charge in [-0.25, -0.2) is 9.88 Å². The largest absolute Gasteiger partial charge is 0.326 e. The fourth-order valence-corrected chi connectivity index (χ4v) is 6.64. The number of nitriles is 1. The van der Waals surface area contributed by atoms with Gasteiger partial charge in [-0.05, 0) is 68.0 Å². The summed E-state index contributed by atoms with van der Waals surface area (Å²) in [4.78, 5) is 47.8. The number of aromatic nitrogens is 1. The third-order valence-electron chi connectivity index (χ3n) is 7.27. The van der Waals surface area contributed by atoms with E-state index >= 15 is 0 Å².